The van der Waals surface area contributed by atoms with Crippen LogP contribution < -0.4 is 10.6 Å². The molecule has 1 saturated carbocycles. The van der Waals surface area contributed by atoms with Crippen LogP contribution in [0.25, 0.3) is 0 Å². The summed E-state index contributed by atoms with van der Waals surface area (Å²) < 4.78 is 0. The molecule has 0 spiro atoms. The fourth-order valence-electron chi connectivity index (χ4n) is 2.51. The number of anilines is 1. The Kier molecular flexibility index (Phi) is 6.75. The van der Waals surface area contributed by atoms with E-state index in [1.54, 1.807) is 11.8 Å². The highest BCUT2D eigenvalue weighted by Gasteiger charge is 2.21. The van der Waals surface area contributed by atoms with Crippen LogP contribution in [0.5, 0.6) is 0 Å². The van der Waals surface area contributed by atoms with Crippen molar-refractivity contribution in [1.82, 2.24) is 5.32 Å². The number of rotatable bonds is 5. The fourth-order valence-corrected chi connectivity index (χ4v) is 3.47. The highest BCUT2D eigenvalue weighted by molar-refractivity contribution is 7.99. The van der Waals surface area contributed by atoms with Gasteiger partial charge < -0.3 is 15.7 Å². The van der Waals surface area contributed by atoms with Crippen molar-refractivity contribution in [2.45, 2.75) is 49.6 Å². The second-order valence-corrected chi connectivity index (χ2v) is 7.00. The summed E-state index contributed by atoms with van der Waals surface area (Å²) in [6, 6.07) is 9.73. The van der Waals surface area contributed by atoms with Gasteiger partial charge in [-0.1, -0.05) is 12.1 Å². The lowest BCUT2D eigenvalue weighted by Crippen LogP contribution is -2.40. The summed E-state index contributed by atoms with van der Waals surface area (Å²) in [6.07, 6.45) is 2.87. The lowest BCUT2D eigenvalue weighted by Gasteiger charge is -2.26. The van der Waals surface area contributed by atoms with Crippen molar-refractivity contribution in [2.24, 2.45) is 5.92 Å². The van der Waals surface area contributed by atoms with Crippen LogP contribution in [0.3, 0.4) is 0 Å². The average molecular weight is 333 g/mol. The van der Waals surface area contributed by atoms with Gasteiger partial charge in [0.2, 0.25) is 0 Å². The van der Waals surface area contributed by atoms with Gasteiger partial charge in [-0.25, -0.2) is 4.79 Å². The molecule has 0 heterocycles. The number of hydrogen-bond acceptors (Lipinski definition) is 4. The molecule has 1 unspecified atom stereocenters. The van der Waals surface area contributed by atoms with E-state index in [0.717, 1.165) is 36.3 Å². The number of benzene rings is 1. The lowest BCUT2D eigenvalue weighted by atomic mass is 9.93. The molecule has 0 aromatic heterocycles. The zero-order valence-electron chi connectivity index (χ0n) is 13.3. The summed E-state index contributed by atoms with van der Waals surface area (Å²) in [5.74, 6) is 0.660. The van der Waals surface area contributed by atoms with Crippen molar-refractivity contribution in [3.05, 3.63) is 24.3 Å². The lowest BCUT2D eigenvalue weighted by molar-refractivity contribution is 0.118. The van der Waals surface area contributed by atoms with E-state index in [0.29, 0.717) is 5.75 Å². The molecule has 1 aliphatic carbocycles. The Bertz CT molecular complexity index is 565. The molecule has 1 atom stereocenters. The maximum absolute atomic E-state index is 12.2. The molecule has 1 fully saturated rings. The first-order chi connectivity index (χ1) is 11.1. The third kappa shape index (κ3) is 5.77. The van der Waals surface area contributed by atoms with Gasteiger partial charge in [-0.3, -0.25) is 0 Å². The molecule has 3 N–H and O–H groups in total. The molecular weight excluding hydrogens is 310 g/mol. The Morgan fingerprint density at radius 1 is 1.39 bits per heavy atom. The van der Waals surface area contributed by atoms with E-state index in [-0.39, 0.29) is 24.1 Å². The zero-order valence-corrected chi connectivity index (χ0v) is 14.1. The Balaban J connectivity index is 1.89. The first kappa shape index (κ1) is 17.6. The van der Waals surface area contributed by atoms with Gasteiger partial charge in [-0.2, -0.15) is 5.26 Å². The van der Waals surface area contributed by atoms with E-state index < -0.39 is 0 Å². The fraction of sp³-hybridized carbons (Fsp3) is 0.529. The van der Waals surface area contributed by atoms with E-state index in [1.165, 1.54) is 0 Å². The van der Waals surface area contributed by atoms with E-state index in [2.05, 4.69) is 16.7 Å². The van der Waals surface area contributed by atoms with Crippen molar-refractivity contribution >= 4 is 23.5 Å². The number of nitrogens with one attached hydrogen (secondary N) is 2. The standard InChI is InChI=1S/C17H23N3O2S/c1-12(10-18)11-23-16-5-3-2-4-15(16)20-17(22)19-13-6-8-14(21)9-7-13/h2-5,12-14,21H,6-9,11H2,1H3,(H2,19,20,22). The third-order valence-corrected chi connectivity index (χ3v) is 5.21. The summed E-state index contributed by atoms with van der Waals surface area (Å²) >= 11 is 1.57. The average Bonchev–Trinajstić information content (AvgIpc) is 2.55. The molecule has 1 aliphatic rings. The second kappa shape index (κ2) is 8.80. The molecule has 1 aromatic rings. The van der Waals surface area contributed by atoms with Crippen molar-refractivity contribution in [3.63, 3.8) is 0 Å². The summed E-state index contributed by atoms with van der Waals surface area (Å²) in [6.45, 7) is 1.88. The van der Waals surface area contributed by atoms with Gasteiger partial charge in [0.1, 0.15) is 0 Å². The van der Waals surface area contributed by atoms with Crippen LogP contribution in [-0.4, -0.2) is 29.0 Å². The number of aliphatic hydroxyl groups excluding tert-OH is 1. The Morgan fingerprint density at radius 3 is 2.78 bits per heavy atom. The Hall–Kier alpha value is -1.71. The van der Waals surface area contributed by atoms with Crippen LogP contribution in [-0.2, 0) is 0 Å². The maximum Gasteiger partial charge on any atom is 0.319 e. The molecular formula is C17H23N3O2S. The number of para-hydroxylation sites is 1. The quantitative estimate of drug-likeness (QED) is 0.721. The monoisotopic (exact) mass is 333 g/mol. The minimum absolute atomic E-state index is 0.0319. The minimum atomic E-state index is -0.227. The van der Waals surface area contributed by atoms with Crippen LogP contribution in [0.15, 0.2) is 29.2 Å². The van der Waals surface area contributed by atoms with Crippen LogP contribution >= 0.6 is 11.8 Å². The first-order valence-electron chi connectivity index (χ1n) is 7.95. The number of aliphatic hydroxyl groups is 1. The molecule has 23 heavy (non-hydrogen) atoms. The van der Waals surface area contributed by atoms with Crippen molar-refractivity contribution < 1.29 is 9.90 Å². The number of nitrogens with zero attached hydrogens (tertiary/aromatic N) is 1. The number of amides is 2. The van der Waals surface area contributed by atoms with Crippen molar-refractivity contribution in [1.29, 1.82) is 5.26 Å². The molecule has 1 aromatic carbocycles. The van der Waals surface area contributed by atoms with E-state index in [9.17, 15) is 9.90 Å². The van der Waals surface area contributed by atoms with Crippen LogP contribution in [0.2, 0.25) is 0 Å². The van der Waals surface area contributed by atoms with Gasteiger partial charge in [-0.05, 0) is 44.7 Å². The highest BCUT2D eigenvalue weighted by atomic mass is 32.2. The van der Waals surface area contributed by atoms with Gasteiger partial charge >= 0.3 is 6.03 Å². The van der Waals surface area contributed by atoms with Gasteiger partial charge in [-0.15, -0.1) is 11.8 Å². The normalized spacial score (nSPS) is 22.0. The summed E-state index contributed by atoms with van der Waals surface area (Å²) in [5.41, 5.74) is 0.760. The van der Waals surface area contributed by atoms with Gasteiger partial charge in [0.05, 0.1) is 23.8 Å². The predicted molar refractivity (Wildman–Crippen MR) is 92.4 cm³/mol. The maximum atomic E-state index is 12.2. The zero-order chi connectivity index (χ0) is 16.7. The summed E-state index contributed by atoms with van der Waals surface area (Å²) in [7, 11) is 0. The van der Waals surface area contributed by atoms with Gasteiger partial charge in [0.15, 0.2) is 0 Å². The summed E-state index contributed by atoms with van der Waals surface area (Å²) in [4.78, 5) is 13.1. The third-order valence-electron chi connectivity index (χ3n) is 3.88. The van der Waals surface area contributed by atoms with Crippen LogP contribution in [0.4, 0.5) is 10.5 Å². The van der Waals surface area contributed by atoms with E-state index >= 15 is 0 Å². The number of nitriles is 1. The molecule has 0 aliphatic heterocycles. The number of urea groups is 1. The first-order valence-corrected chi connectivity index (χ1v) is 8.94. The van der Waals surface area contributed by atoms with Gasteiger partial charge in [0.25, 0.3) is 0 Å². The number of hydrogen-bond donors (Lipinski definition) is 3. The predicted octanol–water partition coefficient (Wildman–Crippen LogP) is 3.36. The van der Waals surface area contributed by atoms with Crippen LogP contribution in [0, 0.1) is 17.2 Å². The van der Waals surface area contributed by atoms with Crippen molar-refractivity contribution in [2.75, 3.05) is 11.1 Å². The molecule has 0 saturated heterocycles. The minimum Gasteiger partial charge on any atom is -0.393 e. The van der Waals surface area contributed by atoms with E-state index in [1.807, 2.05) is 31.2 Å². The Labute approximate surface area is 141 Å². The van der Waals surface area contributed by atoms with Crippen LogP contribution in [0.1, 0.15) is 32.6 Å². The van der Waals surface area contributed by atoms with Gasteiger partial charge in [0, 0.05) is 16.7 Å². The second-order valence-electron chi connectivity index (χ2n) is 5.94. The largest absolute Gasteiger partial charge is 0.393 e. The molecule has 5 nitrogen and oxygen atoms in total. The molecule has 2 amide bonds. The topological polar surface area (TPSA) is 85.2 Å². The SMILES string of the molecule is CC(C#N)CSc1ccccc1NC(=O)NC1CCC(O)CC1. The number of thioether (sulfide) groups is 1. The highest BCUT2D eigenvalue weighted by Crippen LogP contribution is 2.28. The summed E-state index contributed by atoms with van der Waals surface area (Å²) in [5, 5.41) is 24.2. The van der Waals surface area contributed by atoms with E-state index in [4.69, 9.17) is 5.26 Å². The van der Waals surface area contributed by atoms with Crippen molar-refractivity contribution in [3.8, 4) is 6.07 Å². The molecule has 0 bridgehead atoms. The molecule has 6 heteroatoms. The number of carbonyl (C=O) groups is 1. The smallest absolute Gasteiger partial charge is 0.319 e. The molecule has 0 radical (unpaired) electrons. The Morgan fingerprint density at radius 2 is 2.09 bits per heavy atom. The number of carbonyl (C=O) groups excluding carboxylic acids is 1. The molecule has 2 rings (SSSR count). The molecule has 124 valence electrons.